The molecule has 1 aliphatic rings. The molecule has 34 heavy (non-hydrogen) atoms. The van der Waals surface area contributed by atoms with Crippen LogP contribution in [0, 0.1) is 6.92 Å². The van der Waals surface area contributed by atoms with E-state index in [1.807, 2.05) is 31.2 Å². The summed E-state index contributed by atoms with van der Waals surface area (Å²) in [6.45, 7) is 3.87. The third-order valence-electron chi connectivity index (χ3n) is 6.19. The van der Waals surface area contributed by atoms with Gasteiger partial charge < -0.3 is 14.6 Å². The van der Waals surface area contributed by atoms with Crippen LogP contribution in [-0.2, 0) is 16.0 Å². The Labute approximate surface area is 199 Å². The summed E-state index contributed by atoms with van der Waals surface area (Å²) < 4.78 is 10.5. The second kappa shape index (κ2) is 9.43. The smallest absolute Gasteiger partial charge is 0.300 e. The second-order valence-electron chi connectivity index (χ2n) is 8.14. The molecule has 0 aromatic heterocycles. The zero-order chi connectivity index (χ0) is 24.4. The van der Waals surface area contributed by atoms with E-state index < -0.39 is 17.7 Å². The normalized spacial score (nSPS) is 17.2. The predicted molar refractivity (Wildman–Crippen MR) is 131 cm³/mol. The summed E-state index contributed by atoms with van der Waals surface area (Å²) in [5.41, 5.74) is 3.64. The molecule has 0 bridgehead atoms. The third-order valence-corrected chi connectivity index (χ3v) is 6.19. The van der Waals surface area contributed by atoms with Crippen LogP contribution in [0.25, 0.3) is 5.76 Å². The number of hydrogen-bond acceptors (Lipinski definition) is 5. The molecule has 1 unspecified atom stereocenters. The number of amides is 1. The maximum Gasteiger partial charge on any atom is 0.300 e. The average Bonchev–Trinajstić information content (AvgIpc) is 3.13. The van der Waals surface area contributed by atoms with Crippen LogP contribution in [0.4, 0.5) is 5.69 Å². The molecule has 1 amide bonds. The van der Waals surface area contributed by atoms with E-state index in [2.05, 4.69) is 6.92 Å². The molecular formula is C28H27NO5. The summed E-state index contributed by atoms with van der Waals surface area (Å²) >= 11 is 0. The molecule has 3 aromatic carbocycles. The highest BCUT2D eigenvalue weighted by Crippen LogP contribution is 2.43. The minimum atomic E-state index is -0.792. The van der Waals surface area contributed by atoms with Gasteiger partial charge in [0.05, 0.1) is 25.8 Å². The molecule has 6 nitrogen and oxygen atoms in total. The molecule has 0 radical (unpaired) electrons. The Bertz CT molecular complexity index is 1260. The van der Waals surface area contributed by atoms with Crippen molar-refractivity contribution < 1.29 is 24.2 Å². The van der Waals surface area contributed by atoms with Gasteiger partial charge >= 0.3 is 0 Å². The monoisotopic (exact) mass is 457 g/mol. The van der Waals surface area contributed by atoms with E-state index in [9.17, 15) is 14.7 Å². The number of Topliss-reactive ketones (excluding diaryl/α,β-unsaturated/α-hetero) is 1. The minimum Gasteiger partial charge on any atom is -0.507 e. The molecule has 1 atom stereocenters. The largest absolute Gasteiger partial charge is 0.507 e. The van der Waals surface area contributed by atoms with Crippen molar-refractivity contribution in [1.29, 1.82) is 0 Å². The second-order valence-corrected chi connectivity index (χ2v) is 8.14. The van der Waals surface area contributed by atoms with Crippen LogP contribution in [0.1, 0.15) is 35.2 Å². The number of aliphatic hydroxyl groups is 1. The van der Waals surface area contributed by atoms with Crippen molar-refractivity contribution in [1.82, 2.24) is 0 Å². The molecule has 6 heteroatoms. The Morgan fingerprint density at radius 1 is 0.912 bits per heavy atom. The summed E-state index contributed by atoms with van der Waals surface area (Å²) in [7, 11) is 3.14. The van der Waals surface area contributed by atoms with Crippen LogP contribution in [0.2, 0.25) is 0 Å². The number of carbonyl (C=O) groups is 2. The Hall–Kier alpha value is -4.06. The molecule has 1 heterocycles. The highest BCUT2D eigenvalue weighted by atomic mass is 16.5. The summed E-state index contributed by atoms with van der Waals surface area (Å²) in [5.74, 6) is -0.339. The molecule has 0 aliphatic carbocycles. The van der Waals surface area contributed by atoms with Gasteiger partial charge in [-0.1, -0.05) is 31.2 Å². The van der Waals surface area contributed by atoms with E-state index >= 15 is 0 Å². The number of aryl methyl sites for hydroxylation is 2. The Morgan fingerprint density at radius 3 is 2.09 bits per heavy atom. The van der Waals surface area contributed by atoms with Gasteiger partial charge in [-0.2, -0.15) is 0 Å². The first-order valence-corrected chi connectivity index (χ1v) is 11.1. The van der Waals surface area contributed by atoms with Gasteiger partial charge in [0, 0.05) is 11.3 Å². The first-order valence-electron chi connectivity index (χ1n) is 11.1. The lowest BCUT2D eigenvalue weighted by Gasteiger charge is -2.26. The third kappa shape index (κ3) is 4.03. The summed E-state index contributed by atoms with van der Waals surface area (Å²) in [5, 5.41) is 11.3. The molecule has 0 saturated carbocycles. The number of benzene rings is 3. The first-order chi connectivity index (χ1) is 16.4. The average molecular weight is 458 g/mol. The molecule has 0 spiro atoms. The standard InChI is InChI=1S/C28H27NO5/c1-5-18-6-10-20(11-7-18)29-25(19-8-12-21(33-3)13-9-19)24(27(31)28(29)32)26(30)23-15-14-22(34-4)16-17(23)2/h6-16,25,30H,5H2,1-4H3/b26-24-. The highest BCUT2D eigenvalue weighted by Gasteiger charge is 2.47. The maximum absolute atomic E-state index is 13.3. The van der Waals surface area contributed by atoms with Gasteiger partial charge in [-0.15, -0.1) is 0 Å². The van der Waals surface area contributed by atoms with E-state index in [-0.39, 0.29) is 11.3 Å². The van der Waals surface area contributed by atoms with Gasteiger partial charge in [-0.25, -0.2) is 0 Å². The Kier molecular flexibility index (Phi) is 6.41. The van der Waals surface area contributed by atoms with Crippen LogP contribution in [-0.4, -0.2) is 31.0 Å². The van der Waals surface area contributed by atoms with Crippen LogP contribution in [0.3, 0.4) is 0 Å². The van der Waals surface area contributed by atoms with E-state index in [0.717, 1.165) is 17.5 Å². The summed E-state index contributed by atoms with van der Waals surface area (Å²) in [6, 6.07) is 19.1. The number of ketones is 1. The van der Waals surface area contributed by atoms with Crippen LogP contribution in [0.15, 0.2) is 72.3 Å². The van der Waals surface area contributed by atoms with Crippen molar-refractivity contribution >= 4 is 23.1 Å². The highest BCUT2D eigenvalue weighted by molar-refractivity contribution is 6.51. The van der Waals surface area contributed by atoms with Crippen LogP contribution >= 0.6 is 0 Å². The van der Waals surface area contributed by atoms with E-state index in [4.69, 9.17) is 9.47 Å². The van der Waals surface area contributed by atoms with Gasteiger partial charge in [0.15, 0.2) is 0 Å². The fraction of sp³-hybridized carbons (Fsp3) is 0.214. The van der Waals surface area contributed by atoms with Crippen molar-refractivity contribution in [2.75, 3.05) is 19.1 Å². The van der Waals surface area contributed by atoms with Crippen LogP contribution in [0.5, 0.6) is 11.5 Å². The lowest BCUT2D eigenvalue weighted by Crippen LogP contribution is -2.29. The SMILES string of the molecule is CCc1ccc(N2C(=O)C(=O)/C(=C(\O)c3ccc(OC)cc3C)C2c2ccc(OC)cc2)cc1. The van der Waals surface area contributed by atoms with E-state index in [1.54, 1.807) is 56.7 Å². The summed E-state index contributed by atoms with van der Waals surface area (Å²) in [6.07, 6.45) is 0.859. The van der Waals surface area contributed by atoms with E-state index in [1.165, 1.54) is 4.90 Å². The number of carbonyl (C=O) groups excluding carboxylic acids is 2. The molecule has 1 saturated heterocycles. The van der Waals surface area contributed by atoms with Crippen molar-refractivity contribution in [2.24, 2.45) is 0 Å². The van der Waals surface area contributed by atoms with Gasteiger partial charge in [-0.05, 0) is 72.5 Å². The number of nitrogens with zero attached hydrogens (tertiary/aromatic N) is 1. The molecule has 174 valence electrons. The molecule has 4 rings (SSSR count). The Morgan fingerprint density at radius 2 is 1.53 bits per heavy atom. The number of methoxy groups -OCH3 is 2. The zero-order valence-corrected chi connectivity index (χ0v) is 19.7. The van der Waals surface area contributed by atoms with Crippen molar-refractivity contribution in [2.45, 2.75) is 26.3 Å². The number of anilines is 1. The number of rotatable bonds is 6. The van der Waals surface area contributed by atoms with E-state index in [0.29, 0.717) is 28.3 Å². The topological polar surface area (TPSA) is 76.1 Å². The first kappa shape index (κ1) is 23.1. The number of ether oxygens (including phenoxy) is 2. The Balaban J connectivity index is 1.92. The quantitative estimate of drug-likeness (QED) is 0.313. The van der Waals surface area contributed by atoms with Gasteiger partial charge in [0.2, 0.25) is 0 Å². The maximum atomic E-state index is 13.3. The van der Waals surface area contributed by atoms with Crippen molar-refractivity contribution in [3.8, 4) is 11.5 Å². The molecule has 1 aliphatic heterocycles. The number of aliphatic hydroxyl groups excluding tert-OH is 1. The predicted octanol–water partition coefficient (Wildman–Crippen LogP) is 5.20. The lowest BCUT2D eigenvalue weighted by molar-refractivity contribution is -0.132. The van der Waals surface area contributed by atoms with Gasteiger partial charge in [0.1, 0.15) is 17.3 Å². The zero-order valence-electron chi connectivity index (χ0n) is 19.7. The fourth-order valence-electron chi connectivity index (χ4n) is 4.27. The van der Waals surface area contributed by atoms with Gasteiger partial charge in [-0.3, -0.25) is 14.5 Å². The molecule has 3 aromatic rings. The minimum absolute atomic E-state index is 0.0444. The van der Waals surface area contributed by atoms with Crippen LogP contribution < -0.4 is 14.4 Å². The lowest BCUT2D eigenvalue weighted by atomic mass is 9.93. The number of hydrogen-bond donors (Lipinski definition) is 1. The fourth-order valence-corrected chi connectivity index (χ4v) is 4.27. The molecule has 1 fully saturated rings. The van der Waals surface area contributed by atoms with Crippen molar-refractivity contribution in [3.05, 3.63) is 94.6 Å². The molecular weight excluding hydrogens is 430 g/mol. The molecule has 1 N–H and O–H groups in total. The summed E-state index contributed by atoms with van der Waals surface area (Å²) in [4.78, 5) is 28.0. The van der Waals surface area contributed by atoms with Gasteiger partial charge in [0.25, 0.3) is 11.7 Å². The van der Waals surface area contributed by atoms with Crippen molar-refractivity contribution in [3.63, 3.8) is 0 Å².